The first-order valence-electron chi connectivity index (χ1n) is 5.29. The summed E-state index contributed by atoms with van der Waals surface area (Å²) in [5.41, 5.74) is 5.33. The summed E-state index contributed by atoms with van der Waals surface area (Å²) in [7, 11) is 0. The van der Waals surface area contributed by atoms with Crippen LogP contribution in [0.25, 0.3) is 0 Å². The molecule has 0 aliphatic heterocycles. The van der Waals surface area contributed by atoms with Gasteiger partial charge in [0.05, 0.1) is 5.69 Å². The average Bonchev–Trinajstić information content (AvgIpc) is 2.37. The second-order valence-electron chi connectivity index (χ2n) is 3.82. The van der Waals surface area contributed by atoms with Gasteiger partial charge in [0.1, 0.15) is 5.82 Å². The fraction of sp³-hybridized carbons (Fsp3) is 0. The molecule has 19 heavy (non-hydrogen) atoms. The van der Waals surface area contributed by atoms with E-state index in [1.165, 1.54) is 12.1 Å². The lowest BCUT2D eigenvalue weighted by molar-refractivity contribution is 0.102. The maximum atomic E-state index is 13.2. The minimum Gasteiger partial charge on any atom is -0.396 e. The molecule has 0 saturated carbocycles. The minimum absolute atomic E-state index is 0.0502. The number of nitrogens with two attached hydrogens (primary N) is 1. The molecular weight excluding hydrogens is 257 g/mol. The fourth-order valence-electron chi connectivity index (χ4n) is 1.45. The molecule has 2 aromatic carbocycles. The predicted molar refractivity (Wildman–Crippen MR) is 65.1 cm³/mol. The first kappa shape index (κ1) is 12.9. The number of benzene rings is 2. The van der Waals surface area contributed by atoms with Gasteiger partial charge in [0, 0.05) is 11.3 Å². The minimum atomic E-state index is -1.13. The molecule has 0 bridgehead atoms. The van der Waals surface area contributed by atoms with Gasteiger partial charge in [0.15, 0.2) is 11.6 Å². The SMILES string of the molecule is Nc1ccc(NC(=O)c2ccc(F)c(F)c2)cc1F. The molecule has 98 valence electrons. The van der Waals surface area contributed by atoms with Gasteiger partial charge in [-0.15, -0.1) is 0 Å². The number of halogens is 3. The van der Waals surface area contributed by atoms with E-state index >= 15 is 0 Å². The van der Waals surface area contributed by atoms with Crippen LogP contribution in [0.3, 0.4) is 0 Å². The van der Waals surface area contributed by atoms with Gasteiger partial charge in [-0.05, 0) is 36.4 Å². The second kappa shape index (κ2) is 5.01. The lowest BCUT2D eigenvalue weighted by Crippen LogP contribution is -2.12. The maximum Gasteiger partial charge on any atom is 0.255 e. The van der Waals surface area contributed by atoms with Gasteiger partial charge < -0.3 is 11.1 Å². The summed E-state index contributed by atoms with van der Waals surface area (Å²) in [4.78, 5) is 11.7. The number of rotatable bonds is 2. The van der Waals surface area contributed by atoms with Crippen LogP contribution in [-0.4, -0.2) is 5.91 Å². The highest BCUT2D eigenvalue weighted by molar-refractivity contribution is 6.04. The summed E-state index contributed by atoms with van der Waals surface area (Å²) in [5, 5.41) is 2.35. The number of amides is 1. The van der Waals surface area contributed by atoms with Crippen molar-refractivity contribution in [2.45, 2.75) is 0 Å². The first-order valence-corrected chi connectivity index (χ1v) is 5.29. The molecule has 0 aliphatic carbocycles. The van der Waals surface area contributed by atoms with Crippen LogP contribution >= 0.6 is 0 Å². The van der Waals surface area contributed by atoms with Crippen LogP contribution in [-0.2, 0) is 0 Å². The molecule has 6 heteroatoms. The molecule has 0 atom stereocenters. The molecule has 0 aromatic heterocycles. The molecule has 0 heterocycles. The Hall–Kier alpha value is -2.50. The number of nitrogen functional groups attached to an aromatic ring is 1. The van der Waals surface area contributed by atoms with Crippen LogP contribution in [0, 0.1) is 17.5 Å². The topological polar surface area (TPSA) is 55.1 Å². The second-order valence-corrected chi connectivity index (χ2v) is 3.82. The maximum absolute atomic E-state index is 13.2. The molecule has 0 spiro atoms. The number of hydrogen-bond donors (Lipinski definition) is 2. The summed E-state index contributed by atoms with van der Waals surface area (Å²) in [6.45, 7) is 0. The number of carbonyl (C=O) groups is 1. The van der Waals surface area contributed by atoms with Crippen molar-refractivity contribution in [1.82, 2.24) is 0 Å². The van der Waals surface area contributed by atoms with Crippen molar-refractivity contribution in [3.63, 3.8) is 0 Å². The quantitative estimate of drug-likeness (QED) is 0.821. The molecule has 0 fully saturated rings. The van der Waals surface area contributed by atoms with Crippen LogP contribution in [0.1, 0.15) is 10.4 Å². The first-order chi connectivity index (χ1) is 8.97. The molecular formula is C13H9F3N2O. The van der Waals surface area contributed by atoms with E-state index in [0.717, 1.165) is 24.3 Å². The number of carbonyl (C=O) groups excluding carboxylic acids is 1. The molecule has 0 radical (unpaired) electrons. The van der Waals surface area contributed by atoms with Gasteiger partial charge in [-0.2, -0.15) is 0 Å². The Morgan fingerprint density at radius 3 is 2.32 bits per heavy atom. The Kier molecular flexibility index (Phi) is 3.41. The van der Waals surface area contributed by atoms with Crippen molar-refractivity contribution in [1.29, 1.82) is 0 Å². The Balaban J connectivity index is 2.20. The summed E-state index contributed by atoms with van der Waals surface area (Å²) in [6, 6.07) is 6.45. The standard InChI is InChI=1S/C13H9F3N2O/c14-9-3-1-7(5-10(9)15)13(19)18-8-2-4-12(17)11(16)6-8/h1-6H,17H2,(H,18,19). The van der Waals surface area contributed by atoms with Crippen molar-refractivity contribution in [3.05, 3.63) is 59.4 Å². The highest BCUT2D eigenvalue weighted by atomic mass is 19.2. The van der Waals surface area contributed by atoms with Gasteiger partial charge in [0.25, 0.3) is 5.91 Å². The van der Waals surface area contributed by atoms with Crippen LogP contribution in [0.15, 0.2) is 36.4 Å². The largest absolute Gasteiger partial charge is 0.396 e. The number of nitrogens with one attached hydrogen (secondary N) is 1. The fourth-order valence-corrected chi connectivity index (χ4v) is 1.45. The third kappa shape index (κ3) is 2.85. The van der Waals surface area contributed by atoms with Gasteiger partial charge in [-0.1, -0.05) is 0 Å². The number of anilines is 2. The highest BCUT2D eigenvalue weighted by Crippen LogP contribution is 2.17. The average molecular weight is 266 g/mol. The molecule has 2 rings (SSSR count). The van der Waals surface area contributed by atoms with E-state index in [0.29, 0.717) is 0 Å². The molecule has 0 saturated heterocycles. The lowest BCUT2D eigenvalue weighted by Gasteiger charge is -2.06. The van der Waals surface area contributed by atoms with Crippen molar-refractivity contribution in [2.75, 3.05) is 11.1 Å². The van der Waals surface area contributed by atoms with Gasteiger partial charge >= 0.3 is 0 Å². The summed E-state index contributed by atoms with van der Waals surface area (Å²) >= 11 is 0. The van der Waals surface area contributed by atoms with Gasteiger partial charge in [-0.3, -0.25) is 4.79 Å². The zero-order valence-corrected chi connectivity index (χ0v) is 9.58. The summed E-state index contributed by atoms with van der Waals surface area (Å²) in [5.74, 6) is -3.53. The van der Waals surface area contributed by atoms with Crippen molar-refractivity contribution in [3.8, 4) is 0 Å². The third-order valence-corrected chi connectivity index (χ3v) is 2.44. The number of hydrogen-bond acceptors (Lipinski definition) is 2. The molecule has 3 N–H and O–H groups in total. The van der Waals surface area contributed by atoms with Crippen molar-refractivity contribution < 1.29 is 18.0 Å². The Morgan fingerprint density at radius 1 is 0.947 bits per heavy atom. The monoisotopic (exact) mass is 266 g/mol. The van der Waals surface area contributed by atoms with E-state index in [2.05, 4.69) is 5.32 Å². The lowest BCUT2D eigenvalue weighted by atomic mass is 10.2. The molecule has 2 aromatic rings. The third-order valence-electron chi connectivity index (χ3n) is 2.44. The van der Waals surface area contributed by atoms with Gasteiger partial charge in [0.2, 0.25) is 0 Å². The van der Waals surface area contributed by atoms with E-state index in [1.807, 2.05) is 0 Å². The van der Waals surface area contributed by atoms with Crippen LogP contribution in [0.4, 0.5) is 24.5 Å². The van der Waals surface area contributed by atoms with E-state index < -0.39 is 23.4 Å². The van der Waals surface area contributed by atoms with Gasteiger partial charge in [-0.25, -0.2) is 13.2 Å². The normalized spacial score (nSPS) is 10.3. The smallest absolute Gasteiger partial charge is 0.255 e. The van der Waals surface area contributed by atoms with Crippen LogP contribution in [0.5, 0.6) is 0 Å². The summed E-state index contributed by atoms with van der Waals surface area (Å²) in [6.07, 6.45) is 0. The molecule has 0 aliphatic rings. The zero-order valence-electron chi connectivity index (χ0n) is 9.58. The highest BCUT2D eigenvalue weighted by Gasteiger charge is 2.10. The van der Waals surface area contributed by atoms with E-state index in [4.69, 9.17) is 5.73 Å². The summed E-state index contributed by atoms with van der Waals surface area (Å²) < 4.78 is 38.8. The molecule has 0 unspecified atom stereocenters. The van der Waals surface area contributed by atoms with Crippen molar-refractivity contribution >= 4 is 17.3 Å². The van der Waals surface area contributed by atoms with E-state index in [-0.39, 0.29) is 16.9 Å². The van der Waals surface area contributed by atoms with E-state index in [1.54, 1.807) is 0 Å². The Morgan fingerprint density at radius 2 is 1.68 bits per heavy atom. The molecule has 3 nitrogen and oxygen atoms in total. The predicted octanol–water partition coefficient (Wildman–Crippen LogP) is 2.94. The van der Waals surface area contributed by atoms with Crippen LogP contribution < -0.4 is 11.1 Å². The zero-order chi connectivity index (χ0) is 14.0. The van der Waals surface area contributed by atoms with Crippen molar-refractivity contribution in [2.24, 2.45) is 0 Å². The van der Waals surface area contributed by atoms with E-state index in [9.17, 15) is 18.0 Å². The van der Waals surface area contributed by atoms with Crippen LogP contribution in [0.2, 0.25) is 0 Å². The Bertz CT molecular complexity index is 644. The Labute approximate surface area is 106 Å². The molecule has 1 amide bonds.